The van der Waals surface area contributed by atoms with Crippen molar-refractivity contribution in [1.82, 2.24) is 0 Å². The fraction of sp³-hybridized carbons (Fsp3) is 0.0800. The van der Waals surface area contributed by atoms with Gasteiger partial charge in [0.2, 0.25) is 5.91 Å². The summed E-state index contributed by atoms with van der Waals surface area (Å²) in [4.78, 5) is 27.9. The van der Waals surface area contributed by atoms with Crippen LogP contribution in [0.25, 0.3) is 0 Å². The molecule has 1 N–H and O–H groups in total. The zero-order chi connectivity index (χ0) is 23.4. The molecule has 164 valence electrons. The van der Waals surface area contributed by atoms with Gasteiger partial charge in [-0.3, -0.25) is 14.5 Å². The van der Waals surface area contributed by atoms with Gasteiger partial charge < -0.3 is 5.32 Å². The van der Waals surface area contributed by atoms with E-state index in [9.17, 15) is 14.9 Å². The third-order valence-corrected chi connectivity index (χ3v) is 6.72. The molecule has 1 fully saturated rings. The van der Waals surface area contributed by atoms with Crippen molar-refractivity contribution in [1.29, 1.82) is 5.26 Å². The van der Waals surface area contributed by atoms with Gasteiger partial charge in [0.25, 0.3) is 5.91 Å². The fourth-order valence-corrected chi connectivity index (χ4v) is 4.93. The number of hydrogen-bond donors (Lipinski definition) is 1. The normalized spacial score (nSPS) is 16.9. The number of amides is 2. The van der Waals surface area contributed by atoms with Crippen LogP contribution in [0.3, 0.4) is 0 Å². The molecule has 3 aromatic rings. The number of nitrogens with zero attached hydrogens (tertiary/aromatic N) is 2. The minimum atomic E-state index is -0.602. The first-order valence-corrected chi connectivity index (χ1v) is 11.6. The van der Waals surface area contributed by atoms with Crippen molar-refractivity contribution in [3.63, 3.8) is 0 Å². The molecule has 3 aromatic carbocycles. The van der Waals surface area contributed by atoms with Gasteiger partial charge >= 0.3 is 0 Å². The summed E-state index contributed by atoms with van der Waals surface area (Å²) < 4.78 is 0. The van der Waals surface area contributed by atoms with Crippen LogP contribution in [0.15, 0.2) is 89.5 Å². The van der Waals surface area contributed by atoms with Crippen molar-refractivity contribution >= 4 is 58.2 Å². The van der Waals surface area contributed by atoms with E-state index in [-0.39, 0.29) is 16.5 Å². The number of carbonyl (C=O) groups excluding carboxylic acids is 2. The number of thioether (sulfide) groups is 1. The van der Waals surface area contributed by atoms with Crippen molar-refractivity contribution in [2.24, 2.45) is 0 Å². The molecule has 1 aliphatic heterocycles. The Morgan fingerprint density at radius 3 is 2.18 bits per heavy atom. The van der Waals surface area contributed by atoms with Crippen LogP contribution in [0.1, 0.15) is 5.56 Å². The Balaban J connectivity index is 1.72. The Labute approximate surface area is 205 Å². The SMILES string of the molecule is N#C/C(C(=O)Nc1ccc(Cl)cc1)=C1/S[C@H](Cc2ccccc2)C(=O)N1c1ccc(Cl)cc1. The fourth-order valence-electron chi connectivity index (χ4n) is 3.37. The molecule has 1 saturated heterocycles. The molecule has 0 aromatic heterocycles. The number of benzene rings is 3. The summed E-state index contributed by atoms with van der Waals surface area (Å²) in [7, 11) is 0. The van der Waals surface area contributed by atoms with E-state index in [0.29, 0.717) is 27.8 Å². The van der Waals surface area contributed by atoms with Gasteiger partial charge in [-0.25, -0.2) is 0 Å². The molecular formula is C25H17Cl2N3O2S. The largest absolute Gasteiger partial charge is 0.321 e. The minimum absolute atomic E-state index is 0.145. The molecule has 1 aliphatic rings. The van der Waals surface area contributed by atoms with Crippen LogP contribution in [0.4, 0.5) is 11.4 Å². The van der Waals surface area contributed by atoms with E-state index in [4.69, 9.17) is 23.2 Å². The highest BCUT2D eigenvalue weighted by Crippen LogP contribution is 2.42. The molecular weight excluding hydrogens is 477 g/mol. The summed E-state index contributed by atoms with van der Waals surface area (Å²) >= 11 is 13.1. The van der Waals surface area contributed by atoms with Gasteiger partial charge in [0.15, 0.2) is 0 Å². The molecule has 0 radical (unpaired) electrons. The summed E-state index contributed by atoms with van der Waals surface area (Å²) in [6.07, 6.45) is 0.468. The van der Waals surface area contributed by atoms with Crippen LogP contribution in [0.2, 0.25) is 10.0 Å². The molecule has 0 saturated carbocycles. The number of nitriles is 1. The third kappa shape index (κ3) is 5.23. The molecule has 33 heavy (non-hydrogen) atoms. The van der Waals surface area contributed by atoms with Gasteiger partial charge in [0.05, 0.1) is 5.25 Å². The lowest BCUT2D eigenvalue weighted by Gasteiger charge is -2.19. The Kier molecular flexibility index (Phi) is 7.05. The number of rotatable bonds is 5. The van der Waals surface area contributed by atoms with E-state index >= 15 is 0 Å². The van der Waals surface area contributed by atoms with Crippen LogP contribution >= 0.6 is 35.0 Å². The first-order valence-electron chi connectivity index (χ1n) is 9.97. The maximum Gasteiger partial charge on any atom is 0.269 e. The van der Waals surface area contributed by atoms with Gasteiger partial charge in [-0.1, -0.05) is 65.3 Å². The third-order valence-electron chi connectivity index (χ3n) is 4.96. The second-order valence-corrected chi connectivity index (χ2v) is 9.26. The summed E-state index contributed by atoms with van der Waals surface area (Å²) in [6.45, 7) is 0. The second kappa shape index (κ2) is 10.1. The highest BCUT2D eigenvalue weighted by Gasteiger charge is 2.40. The van der Waals surface area contributed by atoms with Crippen molar-refractivity contribution in [2.75, 3.05) is 10.2 Å². The maximum atomic E-state index is 13.4. The van der Waals surface area contributed by atoms with Crippen LogP contribution in [0.5, 0.6) is 0 Å². The van der Waals surface area contributed by atoms with Crippen LogP contribution in [-0.2, 0) is 16.0 Å². The summed E-state index contributed by atoms with van der Waals surface area (Å²) in [5.74, 6) is -0.803. The van der Waals surface area contributed by atoms with Crippen molar-refractivity contribution in [3.8, 4) is 6.07 Å². The zero-order valence-electron chi connectivity index (χ0n) is 17.2. The monoisotopic (exact) mass is 493 g/mol. The average molecular weight is 494 g/mol. The molecule has 0 bridgehead atoms. The molecule has 5 nitrogen and oxygen atoms in total. The highest BCUT2D eigenvalue weighted by molar-refractivity contribution is 8.05. The van der Waals surface area contributed by atoms with Crippen LogP contribution in [0, 0.1) is 11.3 Å². The number of carbonyl (C=O) groups is 2. The van der Waals surface area contributed by atoms with E-state index in [1.54, 1.807) is 48.5 Å². The molecule has 2 amide bonds. The Hall–Kier alpha value is -3.24. The van der Waals surface area contributed by atoms with Crippen molar-refractivity contribution in [3.05, 3.63) is 105 Å². The standard InChI is InChI=1S/C25H17Cl2N3O2S/c26-17-6-10-19(11-7-17)29-23(31)21(15-28)25-30(20-12-8-18(27)9-13-20)24(32)22(33-25)14-16-4-2-1-3-5-16/h1-13,22H,14H2,(H,29,31)/b25-21-/t22-/m1/s1. The highest BCUT2D eigenvalue weighted by atomic mass is 35.5. The summed E-state index contributed by atoms with van der Waals surface area (Å²) in [5, 5.41) is 13.5. The lowest BCUT2D eigenvalue weighted by molar-refractivity contribution is -0.117. The van der Waals surface area contributed by atoms with Gasteiger partial charge in [-0.15, -0.1) is 0 Å². The number of hydrogen-bond acceptors (Lipinski definition) is 4. The summed E-state index contributed by atoms with van der Waals surface area (Å²) in [5.41, 5.74) is 1.87. The smallest absolute Gasteiger partial charge is 0.269 e. The van der Waals surface area contributed by atoms with E-state index in [1.165, 1.54) is 16.7 Å². The van der Waals surface area contributed by atoms with Gasteiger partial charge in [0, 0.05) is 21.4 Å². The maximum absolute atomic E-state index is 13.4. The minimum Gasteiger partial charge on any atom is -0.321 e. The van der Waals surface area contributed by atoms with E-state index in [0.717, 1.165) is 5.56 Å². The molecule has 0 spiro atoms. The Morgan fingerprint density at radius 1 is 0.970 bits per heavy atom. The lowest BCUT2D eigenvalue weighted by atomic mass is 10.1. The quantitative estimate of drug-likeness (QED) is 0.346. The predicted molar refractivity (Wildman–Crippen MR) is 133 cm³/mol. The number of anilines is 2. The lowest BCUT2D eigenvalue weighted by Crippen LogP contribution is -2.30. The molecule has 8 heteroatoms. The molecule has 0 unspecified atom stereocenters. The molecule has 1 heterocycles. The number of nitrogens with one attached hydrogen (secondary N) is 1. The second-order valence-electron chi connectivity index (χ2n) is 7.20. The number of halogens is 2. The van der Waals surface area contributed by atoms with E-state index < -0.39 is 11.2 Å². The Morgan fingerprint density at radius 2 is 1.58 bits per heavy atom. The van der Waals surface area contributed by atoms with Gasteiger partial charge in [-0.2, -0.15) is 5.26 Å². The topological polar surface area (TPSA) is 73.2 Å². The van der Waals surface area contributed by atoms with Crippen LogP contribution in [-0.4, -0.2) is 17.1 Å². The predicted octanol–water partition coefficient (Wildman–Crippen LogP) is 6.06. The average Bonchev–Trinajstić information content (AvgIpc) is 3.12. The van der Waals surface area contributed by atoms with Crippen LogP contribution < -0.4 is 10.2 Å². The molecule has 4 rings (SSSR count). The molecule has 0 aliphatic carbocycles. The van der Waals surface area contributed by atoms with Gasteiger partial charge in [0.1, 0.15) is 16.7 Å². The zero-order valence-corrected chi connectivity index (χ0v) is 19.5. The summed E-state index contributed by atoms with van der Waals surface area (Å²) in [6, 6.07) is 24.9. The van der Waals surface area contributed by atoms with Crippen molar-refractivity contribution in [2.45, 2.75) is 11.7 Å². The van der Waals surface area contributed by atoms with Gasteiger partial charge in [-0.05, 0) is 60.5 Å². The van der Waals surface area contributed by atoms with Crippen molar-refractivity contribution < 1.29 is 9.59 Å². The first kappa shape index (κ1) is 22.9. The van der Waals surface area contributed by atoms with E-state index in [1.807, 2.05) is 36.4 Å². The first-order chi connectivity index (χ1) is 16.0. The Bertz CT molecular complexity index is 1250. The molecule has 1 atom stereocenters. The van der Waals surface area contributed by atoms with E-state index in [2.05, 4.69) is 5.32 Å².